The molecule has 2 rings (SSSR count). The van der Waals surface area contributed by atoms with Gasteiger partial charge in [-0.05, 0) is 0 Å². The van der Waals surface area contributed by atoms with E-state index in [1.165, 1.54) is 32.1 Å². The summed E-state index contributed by atoms with van der Waals surface area (Å²) in [5.41, 5.74) is 0. The summed E-state index contributed by atoms with van der Waals surface area (Å²) in [6.07, 6.45) is 7.50. The van der Waals surface area contributed by atoms with E-state index in [0.29, 0.717) is 0 Å². The zero-order chi connectivity index (χ0) is 11.8. The van der Waals surface area contributed by atoms with Crippen molar-refractivity contribution in [2.45, 2.75) is 59.8 Å². The molecular weight excluding hydrogens is 180 g/mol. The van der Waals surface area contributed by atoms with E-state index in [0.717, 1.165) is 0 Å². The van der Waals surface area contributed by atoms with Crippen molar-refractivity contribution in [1.82, 2.24) is 0 Å². The molecule has 0 aliphatic heterocycles. The van der Waals surface area contributed by atoms with E-state index in [9.17, 15) is 0 Å². The molecule has 1 saturated carbocycles. The molecule has 0 atom stereocenters. The fourth-order valence-electron chi connectivity index (χ4n) is 1.27. The largest absolute Gasteiger partial charge is 0.0683 e. The molecule has 0 saturated heterocycles. The van der Waals surface area contributed by atoms with Crippen LogP contribution in [0.25, 0.3) is 0 Å². The van der Waals surface area contributed by atoms with E-state index in [-0.39, 0.29) is 0 Å². The van der Waals surface area contributed by atoms with Crippen LogP contribution in [0.1, 0.15) is 59.8 Å². The maximum absolute atomic E-state index is 2.00. The Kier molecular flexibility index (Phi) is 21.0. The van der Waals surface area contributed by atoms with Crippen molar-refractivity contribution in [3.05, 3.63) is 36.4 Å². The minimum atomic E-state index is 1.50. The van der Waals surface area contributed by atoms with Gasteiger partial charge in [0.25, 0.3) is 0 Å². The average Bonchev–Trinajstić information content (AvgIpc) is 2.95. The third-order valence-corrected chi connectivity index (χ3v) is 1.92. The molecule has 15 heavy (non-hydrogen) atoms. The standard InChI is InChI=1S/C6H6.C5H10.2C2H6/c1-2-4-6-5-3-1;1-2-4-5-3-1;2*1-2/h1-6H;1-5H2;2*1-2H3. The molecule has 0 amide bonds. The first-order chi connectivity index (χ1) is 7.50. The van der Waals surface area contributed by atoms with Gasteiger partial charge in [-0.2, -0.15) is 0 Å². The van der Waals surface area contributed by atoms with Crippen molar-refractivity contribution in [3.8, 4) is 0 Å². The zero-order valence-corrected chi connectivity index (χ0v) is 11.0. The summed E-state index contributed by atoms with van der Waals surface area (Å²) in [6.45, 7) is 8.00. The molecule has 0 bridgehead atoms. The molecule has 0 spiro atoms. The Bertz CT molecular complexity index is 117. The van der Waals surface area contributed by atoms with Crippen LogP contribution in [0.15, 0.2) is 36.4 Å². The van der Waals surface area contributed by atoms with Crippen LogP contribution in [-0.2, 0) is 0 Å². The van der Waals surface area contributed by atoms with Gasteiger partial charge in [0.15, 0.2) is 0 Å². The van der Waals surface area contributed by atoms with E-state index < -0.39 is 0 Å². The van der Waals surface area contributed by atoms with Crippen LogP contribution in [0.5, 0.6) is 0 Å². The average molecular weight is 208 g/mol. The van der Waals surface area contributed by atoms with Gasteiger partial charge >= 0.3 is 0 Å². The lowest BCUT2D eigenvalue weighted by Crippen LogP contribution is -1.47. The van der Waals surface area contributed by atoms with Crippen LogP contribution in [0.2, 0.25) is 0 Å². The molecule has 1 aromatic carbocycles. The van der Waals surface area contributed by atoms with Crippen LogP contribution in [0, 0.1) is 0 Å². The Morgan fingerprint density at radius 1 is 0.400 bits per heavy atom. The van der Waals surface area contributed by atoms with E-state index in [1.54, 1.807) is 0 Å². The Hall–Kier alpha value is -0.780. The zero-order valence-electron chi connectivity index (χ0n) is 11.0. The van der Waals surface area contributed by atoms with E-state index >= 15 is 0 Å². The Labute approximate surface area is 96.7 Å². The van der Waals surface area contributed by atoms with Crippen LogP contribution in [-0.4, -0.2) is 0 Å². The third-order valence-electron chi connectivity index (χ3n) is 1.92. The highest BCUT2D eigenvalue weighted by Gasteiger charge is 1.95. The predicted molar refractivity (Wildman–Crippen MR) is 72.2 cm³/mol. The molecule has 0 unspecified atom stereocenters. The number of benzene rings is 1. The highest BCUT2D eigenvalue weighted by Crippen LogP contribution is 2.15. The van der Waals surface area contributed by atoms with Gasteiger partial charge in [-0.3, -0.25) is 0 Å². The van der Waals surface area contributed by atoms with Gasteiger partial charge in [0.1, 0.15) is 0 Å². The molecule has 0 radical (unpaired) electrons. The van der Waals surface area contributed by atoms with Gasteiger partial charge in [0, 0.05) is 0 Å². The number of hydrogen-bond donors (Lipinski definition) is 0. The van der Waals surface area contributed by atoms with Crippen LogP contribution in [0.3, 0.4) is 0 Å². The van der Waals surface area contributed by atoms with Gasteiger partial charge in [0.05, 0.1) is 0 Å². The highest BCUT2D eigenvalue weighted by molar-refractivity contribution is 4.99. The molecule has 88 valence electrons. The minimum absolute atomic E-state index is 1.50. The van der Waals surface area contributed by atoms with Gasteiger partial charge in [-0.15, -0.1) is 0 Å². The van der Waals surface area contributed by atoms with Crippen molar-refractivity contribution in [2.75, 3.05) is 0 Å². The summed E-state index contributed by atoms with van der Waals surface area (Å²) >= 11 is 0. The molecule has 0 heterocycles. The molecule has 0 aromatic heterocycles. The Morgan fingerprint density at radius 3 is 0.667 bits per heavy atom. The summed E-state index contributed by atoms with van der Waals surface area (Å²) in [6, 6.07) is 12.0. The molecule has 1 aliphatic rings. The molecule has 0 N–H and O–H groups in total. The van der Waals surface area contributed by atoms with Crippen LogP contribution < -0.4 is 0 Å². The van der Waals surface area contributed by atoms with Gasteiger partial charge < -0.3 is 0 Å². The minimum Gasteiger partial charge on any atom is -0.0683 e. The second-order valence-electron chi connectivity index (χ2n) is 2.92. The molecule has 1 aliphatic carbocycles. The van der Waals surface area contributed by atoms with Gasteiger partial charge in [0.2, 0.25) is 0 Å². The molecule has 1 aromatic rings. The Morgan fingerprint density at radius 2 is 0.533 bits per heavy atom. The lowest BCUT2D eigenvalue weighted by molar-refractivity contribution is 0.886. The predicted octanol–water partition coefficient (Wildman–Crippen LogP) is 5.69. The SMILES string of the molecule is C1CCCC1.CC.CC.c1ccccc1. The normalized spacial score (nSPS) is 12.0. The quantitative estimate of drug-likeness (QED) is 0.514. The lowest BCUT2D eigenvalue weighted by Gasteiger charge is -1.69. The molecule has 1 fully saturated rings. The lowest BCUT2D eigenvalue weighted by atomic mass is 10.4. The van der Waals surface area contributed by atoms with E-state index in [2.05, 4.69) is 0 Å². The van der Waals surface area contributed by atoms with E-state index in [4.69, 9.17) is 0 Å². The number of hydrogen-bond acceptors (Lipinski definition) is 0. The summed E-state index contributed by atoms with van der Waals surface area (Å²) < 4.78 is 0. The molecular formula is C15H28. The topological polar surface area (TPSA) is 0 Å². The van der Waals surface area contributed by atoms with Crippen LogP contribution in [0.4, 0.5) is 0 Å². The Balaban J connectivity index is 0. The number of rotatable bonds is 0. The fraction of sp³-hybridized carbons (Fsp3) is 0.600. The first-order valence-electron chi connectivity index (χ1n) is 6.50. The van der Waals surface area contributed by atoms with Gasteiger partial charge in [-0.1, -0.05) is 96.2 Å². The first kappa shape index (κ1) is 16.6. The summed E-state index contributed by atoms with van der Waals surface area (Å²) in [5, 5.41) is 0. The van der Waals surface area contributed by atoms with Crippen molar-refractivity contribution in [1.29, 1.82) is 0 Å². The molecule has 0 nitrogen and oxygen atoms in total. The van der Waals surface area contributed by atoms with Crippen molar-refractivity contribution >= 4 is 0 Å². The maximum Gasteiger partial charge on any atom is -0.0533 e. The highest BCUT2D eigenvalue weighted by atomic mass is 14.0. The fourth-order valence-corrected chi connectivity index (χ4v) is 1.27. The third kappa shape index (κ3) is 15.9. The summed E-state index contributed by atoms with van der Waals surface area (Å²) in [7, 11) is 0. The van der Waals surface area contributed by atoms with Crippen LogP contribution >= 0.6 is 0 Å². The second kappa shape index (κ2) is 18.9. The first-order valence-corrected chi connectivity index (χ1v) is 6.50. The summed E-state index contributed by atoms with van der Waals surface area (Å²) in [5.74, 6) is 0. The second-order valence-corrected chi connectivity index (χ2v) is 2.92. The monoisotopic (exact) mass is 208 g/mol. The van der Waals surface area contributed by atoms with Crippen molar-refractivity contribution in [3.63, 3.8) is 0 Å². The van der Waals surface area contributed by atoms with Crippen molar-refractivity contribution in [2.24, 2.45) is 0 Å². The maximum atomic E-state index is 2.00. The van der Waals surface area contributed by atoms with Gasteiger partial charge in [-0.25, -0.2) is 0 Å². The van der Waals surface area contributed by atoms with E-state index in [1.807, 2.05) is 64.1 Å². The molecule has 0 heteroatoms. The smallest absolute Gasteiger partial charge is 0.0533 e. The van der Waals surface area contributed by atoms with Crippen molar-refractivity contribution < 1.29 is 0 Å². The summed E-state index contributed by atoms with van der Waals surface area (Å²) in [4.78, 5) is 0.